The zero-order chi connectivity index (χ0) is 13.7. The molecule has 0 unspecified atom stereocenters. The van der Waals surface area contributed by atoms with Gasteiger partial charge in [-0.25, -0.2) is 4.79 Å². The minimum Gasteiger partial charge on any atom is -0.480 e. The first-order chi connectivity index (χ1) is 8.41. The number of carboxylic acid groups (broad SMARTS) is 1. The minimum atomic E-state index is -1.11. The van der Waals surface area contributed by atoms with Crippen molar-refractivity contribution in [3.63, 3.8) is 0 Å². The molecular weight excluding hydrogens is 236 g/mol. The van der Waals surface area contributed by atoms with Crippen LogP contribution in [-0.2, 0) is 4.79 Å². The number of pyridine rings is 1. The fraction of sp³-hybridized carbons (Fsp3) is 0.417. The van der Waals surface area contributed by atoms with Crippen LogP contribution >= 0.6 is 0 Å². The molecule has 0 radical (unpaired) electrons. The second kappa shape index (κ2) is 6.00. The van der Waals surface area contributed by atoms with Gasteiger partial charge in [0.1, 0.15) is 11.6 Å². The number of rotatable bonds is 5. The van der Waals surface area contributed by atoms with Crippen molar-refractivity contribution >= 4 is 11.9 Å². The fourth-order valence-corrected chi connectivity index (χ4v) is 1.53. The highest BCUT2D eigenvalue weighted by Gasteiger charge is 2.22. The van der Waals surface area contributed by atoms with Crippen LogP contribution in [0.25, 0.3) is 0 Å². The van der Waals surface area contributed by atoms with Gasteiger partial charge in [-0.2, -0.15) is 0 Å². The number of H-pyrrole nitrogens is 1. The minimum absolute atomic E-state index is 0.0903. The van der Waals surface area contributed by atoms with Crippen molar-refractivity contribution in [3.8, 4) is 0 Å². The lowest BCUT2D eigenvalue weighted by Gasteiger charge is -2.16. The zero-order valence-corrected chi connectivity index (χ0v) is 10.3. The molecular formula is C12H16N2O4. The molecule has 0 saturated carbocycles. The lowest BCUT2D eigenvalue weighted by Crippen LogP contribution is -2.43. The average Bonchev–Trinajstić information content (AvgIpc) is 2.27. The Bertz CT molecular complexity index is 493. The molecule has 0 aromatic carbocycles. The van der Waals surface area contributed by atoms with E-state index < -0.39 is 23.5 Å². The second-order valence-electron chi connectivity index (χ2n) is 4.41. The topological polar surface area (TPSA) is 99.3 Å². The Hall–Kier alpha value is -2.11. The highest BCUT2D eigenvalue weighted by atomic mass is 16.4. The number of hydrogen-bond donors (Lipinski definition) is 3. The maximum atomic E-state index is 11.8. The Morgan fingerprint density at radius 1 is 1.44 bits per heavy atom. The summed E-state index contributed by atoms with van der Waals surface area (Å²) in [4.78, 5) is 36.5. The molecule has 1 heterocycles. The Kier molecular flexibility index (Phi) is 4.65. The summed E-state index contributed by atoms with van der Waals surface area (Å²) in [7, 11) is 0. The molecule has 98 valence electrons. The number of carbonyl (C=O) groups excluding carboxylic acids is 1. The van der Waals surface area contributed by atoms with Crippen molar-refractivity contribution in [3.05, 3.63) is 34.2 Å². The van der Waals surface area contributed by atoms with Crippen molar-refractivity contribution in [2.75, 3.05) is 0 Å². The van der Waals surface area contributed by atoms with E-state index in [4.69, 9.17) is 5.11 Å². The summed E-state index contributed by atoms with van der Waals surface area (Å²) in [6.07, 6.45) is 1.72. The van der Waals surface area contributed by atoms with Gasteiger partial charge in [0.25, 0.3) is 11.5 Å². The lowest BCUT2D eigenvalue weighted by molar-refractivity contribution is -0.139. The van der Waals surface area contributed by atoms with Crippen LogP contribution in [0.1, 0.15) is 30.6 Å². The van der Waals surface area contributed by atoms with Crippen molar-refractivity contribution < 1.29 is 14.7 Å². The third-order valence-corrected chi connectivity index (χ3v) is 2.37. The molecule has 0 saturated heterocycles. The number of carboxylic acids is 1. The van der Waals surface area contributed by atoms with Crippen LogP contribution in [-0.4, -0.2) is 28.0 Å². The predicted molar refractivity (Wildman–Crippen MR) is 65.4 cm³/mol. The molecule has 1 atom stereocenters. The number of aliphatic carboxylic acids is 1. The molecule has 6 heteroatoms. The molecule has 1 amide bonds. The summed E-state index contributed by atoms with van der Waals surface area (Å²) in [5, 5.41) is 11.3. The van der Waals surface area contributed by atoms with Gasteiger partial charge < -0.3 is 15.4 Å². The van der Waals surface area contributed by atoms with Crippen LogP contribution in [0.3, 0.4) is 0 Å². The Labute approximate surface area is 104 Å². The molecule has 0 spiro atoms. The van der Waals surface area contributed by atoms with Crippen molar-refractivity contribution in [1.29, 1.82) is 0 Å². The largest absolute Gasteiger partial charge is 0.480 e. The van der Waals surface area contributed by atoms with Crippen LogP contribution in [0.2, 0.25) is 0 Å². The molecule has 3 N–H and O–H groups in total. The van der Waals surface area contributed by atoms with Gasteiger partial charge >= 0.3 is 5.97 Å². The molecule has 0 bridgehead atoms. The summed E-state index contributed by atoms with van der Waals surface area (Å²) in [5.41, 5.74) is -0.629. The molecule has 6 nitrogen and oxygen atoms in total. The number of carbonyl (C=O) groups is 2. The molecule has 18 heavy (non-hydrogen) atoms. The summed E-state index contributed by atoms with van der Waals surface area (Å²) >= 11 is 0. The van der Waals surface area contributed by atoms with E-state index in [9.17, 15) is 14.4 Å². The first-order valence-corrected chi connectivity index (χ1v) is 5.63. The third-order valence-electron chi connectivity index (χ3n) is 2.37. The number of amides is 1. The van der Waals surface area contributed by atoms with Crippen molar-refractivity contribution in [1.82, 2.24) is 10.3 Å². The third kappa shape index (κ3) is 3.73. The van der Waals surface area contributed by atoms with E-state index in [0.717, 1.165) is 0 Å². The van der Waals surface area contributed by atoms with E-state index in [0.29, 0.717) is 6.42 Å². The highest BCUT2D eigenvalue weighted by molar-refractivity contribution is 5.96. The van der Waals surface area contributed by atoms with E-state index in [1.54, 1.807) is 0 Å². The van der Waals surface area contributed by atoms with Crippen molar-refractivity contribution in [2.45, 2.75) is 26.3 Å². The fourth-order valence-electron chi connectivity index (χ4n) is 1.53. The molecule has 1 rings (SSSR count). The Balaban J connectivity index is 2.82. The van der Waals surface area contributed by atoms with Gasteiger partial charge in [0.2, 0.25) is 0 Å². The zero-order valence-electron chi connectivity index (χ0n) is 10.3. The quantitative estimate of drug-likeness (QED) is 0.714. The van der Waals surface area contributed by atoms with Gasteiger partial charge in [-0.15, -0.1) is 0 Å². The molecule has 1 aromatic rings. The first kappa shape index (κ1) is 14.0. The Morgan fingerprint density at radius 3 is 2.61 bits per heavy atom. The van der Waals surface area contributed by atoms with Crippen LogP contribution in [0.15, 0.2) is 23.1 Å². The summed E-state index contributed by atoms with van der Waals surface area (Å²) in [6, 6.07) is 1.87. The van der Waals surface area contributed by atoms with E-state index in [1.807, 2.05) is 13.8 Å². The second-order valence-corrected chi connectivity index (χ2v) is 4.41. The number of aromatic nitrogens is 1. The van der Waals surface area contributed by atoms with E-state index in [-0.39, 0.29) is 11.5 Å². The smallest absolute Gasteiger partial charge is 0.326 e. The predicted octanol–water partition coefficient (Wildman–Crippen LogP) is 0.604. The number of aromatic amines is 1. The molecule has 0 aliphatic carbocycles. The van der Waals surface area contributed by atoms with E-state index in [1.165, 1.54) is 18.3 Å². The van der Waals surface area contributed by atoms with Gasteiger partial charge in [-0.05, 0) is 24.5 Å². The van der Waals surface area contributed by atoms with Crippen LogP contribution in [0.5, 0.6) is 0 Å². The van der Waals surface area contributed by atoms with Gasteiger partial charge in [-0.3, -0.25) is 9.59 Å². The highest BCUT2D eigenvalue weighted by Crippen LogP contribution is 2.05. The lowest BCUT2D eigenvalue weighted by atomic mass is 10.0. The SMILES string of the molecule is CC(C)C[C@H](NC(=O)c1ccc[nH]c1=O)C(=O)O. The van der Waals surface area contributed by atoms with Crippen LogP contribution in [0.4, 0.5) is 0 Å². The van der Waals surface area contributed by atoms with E-state index >= 15 is 0 Å². The molecule has 1 aromatic heterocycles. The van der Waals surface area contributed by atoms with Gasteiger partial charge in [-0.1, -0.05) is 13.8 Å². The number of hydrogen-bond acceptors (Lipinski definition) is 3. The van der Waals surface area contributed by atoms with Gasteiger partial charge in [0.05, 0.1) is 0 Å². The first-order valence-electron chi connectivity index (χ1n) is 5.63. The summed E-state index contributed by atoms with van der Waals surface area (Å²) in [5.74, 6) is -1.66. The van der Waals surface area contributed by atoms with Crippen molar-refractivity contribution in [2.24, 2.45) is 5.92 Å². The summed E-state index contributed by atoms with van der Waals surface area (Å²) < 4.78 is 0. The van der Waals surface area contributed by atoms with Gasteiger partial charge in [0, 0.05) is 6.20 Å². The molecule has 0 fully saturated rings. The maximum absolute atomic E-state index is 11.8. The molecule has 0 aliphatic rings. The van der Waals surface area contributed by atoms with Crippen LogP contribution in [0, 0.1) is 5.92 Å². The number of nitrogens with one attached hydrogen (secondary N) is 2. The van der Waals surface area contributed by atoms with Crippen LogP contribution < -0.4 is 10.9 Å². The molecule has 0 aliphatic heterocycles. The average molecular weight is 252 g/mol. The standard InChI is InChI=1S/C12H16N2O4/c1-7(2)6-9(12(17)18)14-11(16)8-4-3-5-13-10(8)15/h3-5,7,9H,6H2,1-2H3,(H,13,15)(H,14,16)(H,17,18)/t9-/m0/s1. The normalized spacial score (nSPS) is 12.2. The maximum Gasteiger partial charge on any atom is 0.326 e. The van der Waals surface area contributed by atoms with E-state index in [2.05, 4.69) is 10.3 Å². The summed E-state index contributed by atoms with van der Waals surface area (Å²) in [6.45, 7) is 3.72. The monoisotopic (exact) mass is 252 g/mol. The Morgan fingerprint density at radius 2 is 2.11 bits per heavy atom. The van der Waals surface area contributed by atoms with Gasteiger partial charge in [0.15, 0.2) is 0 Å².